The maximum Gasteiger partial charge on any atom is 0.135 e. The van der Waals surface area contributed by atoms with Crippen LogP contribution in [-0.2, 0) is 6.54 Å². The van der Waals surface area contributed by atoms with E-state index in [0.717, 1.165) is 35.2 Å². The van der Waals surface area contributed by atoms with Crippen molar-refractivity contribution in [2.45, 2.75) is 19.9 Å². The van der Waals surface area contributed by atoms with Crippen LogP contribution in [0.5, 0.6) is 0 Å². The molecule has 3 rings (SSSR count). The van der Waals surface area contributed by atoms with Crippen molar-refractivity contribution in [1.82, 2.24) is 15.1 Å². The molecule has 25 heavy (non-hydrogen) atoms. The molecule has 1 aromatic heterocycles. The van der Waals surface area contributed by atoms with Crippen LogP contribution in [0.25, 0.3) is 11.3 Å². The molecule has 0 spiro atoms. The number of piperazine rings is 1. The van der Waals surface area contributed by atoms with Crippen molar-refractivity contribution in [2.75, 3.05) is 45.8 Å². The monoisotopic (exact) mass is 361 g/mol. The Morgan fingerprint density at radius 3 is 2.56 bits per heavy atom. The fraction of sp³-hybridized carbons (Fsp3) is 0.500. The van der Waals surface area contributed by atoms with Gasteiger partial charge in [-0.25, -0.2) is 0 Å². The Labute approximate surface area is 155 Å². The molecule has 2 heterocycles. The number of nitrogens with zero attached hydrogens (tertiary/aromatic N) is 2. The number of likely N-dealkylation sites (N-methyl/N-ethyl adjacent to an activating group) is 1. The molecule has 0 unspecified atom stereocenters. The van der Waals surface area contributed by atoms with E-state index in [1.165, 1.54) is 45.7 Å². The van der Waals surface area contributed by atoms with Crippen LogP contribution in [0.1, 0.15) is 19.1 Å². The smallest absolute Gasteiger partial charge is 0.135 e. The van der Waals surface area contributed by atoms with Gasteiger partial charge in [-0.1, -0.05) is 30.7 Å². The van der Waals surface area contributed by atoms with Crippen molar-refractivity contribution < 1.29 is 4.42 Å². The van der Waals surface area contributed by atoms with E-state index in [2.05, 4.69) is 22.0 Å². The first-order valence-electron chi connectivity index (χ1n) is 9.25. The molecule has 136 valence electrons. The van der Waals surface area contributed by atoms with Gasteiger partial charge in [-0.3, -0.25) is 0 Å². The van der Waals surface area contributed by atoms with Crippen LogP contribution in [0.3, 0.4) is 0 Å². The zero-order valence-electron chi connectivity index (χ0n) is 15.0. The van der Waals surface area contributed by atoms with Crippen LogP contribution in [0.2, 0.25) is 5.02 Å². The van der Waals surface area contributed by atoms with E-state index in [0.29, 0.717) is 0 Å². The average molecular weight is 362 g/mol. The number of benzene rings is 1. The van der Waals surface area contributed by atoms with Crippen molar-refractivity contribution in [3.8, 4) is 11.3 Å². The summed E-state index contributed by atoms with van der Waals surface area (Å²) in [5.41, 5.74) is 0.946. The highest BCUT2D eigenvalue weighted by Crippen LogP contribution is 2.28. The lowest BCUT2D eigenvalue weighted by Gasteiger charge is -2.33. The van der Waals surface area contributed by atoms with E-state index >= 15 is 0 Å². The molecule has 1 saturated heterocycles. The minimum absolute atomic E-state index is 0.722. The molecule has 0 bridgehead atoms. The Morgan fingerprint density at radius 1 is 1.04 bits per heavy atom. The van der Waals surface area contributed by atoms with Crippen LogP contribution in [0.15, 0.2) is 40.8 Å². The molecule has 1 aliphatic heterocycles. The highest BCUT2D eigenvalue weighted by molar-refractivity contribution is 6.33. The van der Waals surface area contributed by atoms with Crippen molar-refractivity contribution in [3.63, 3.8) is 0 Å². The van der Waals surface area contributed by atoms with Crippen LogP contribution in [-0.4, -0.2) is 55.6 Å². The number of halogens is 1. The predicted molar refractivity (Wildman–Crippen MR) is 104 cm³/mol. The summed E-state index contributed by atoms with van der Waals surface area (Å²) in [6, 6.07) is 11.8. The van der Waals surface area contributed by atoms with Crippen molar-refractivity contribution >= 4 is 11.6 Å². The number of furan rings is 1. The van der Waals surface area contributed by atoms with E-state index in [1.54, 1.807) is 0 Å². The third-order valence-corrected chi connectivity index (χ3v) is 5.17. The molecule has 0 aliphatic carbocycles. The summed E-state index contributed by atoms with van der Waals surface area (Å²) in [6.07, 6.45) is 1.17. The minimum atomic E-state index is 0.722. The molecule has 1 N–H and O–H groups in total. The van der Waals surface area contributed by atoms with E-state index < -0.39 is 0 Å². The molecule has 0 atom stereocenters. The third kappa shape index (κ3) is 5.32. The van der Waals surface area contributed by atoms with E-state index in [4.69, 9.17) is 16.0 Å². The van der Waals surface area contributed by atoms with Gasteiger partial charge in [0.2, 0.25) is 0 Å². The van der Waals surface area contributed by atoms with Gasteiger partial charge in [0.1, 0.15) is 11.5 Å². The summed E-state index contributed by atoms with van der Waals surface area (Å²) >= 11 is 6.22. The lowest BCUT2D eigenvalue weighted by Crippen LogP contribution is -2.46. The standard InChI is InChI=1S/C20H28ClN3O/c1-2-23-12-14-24(15-13-23)11-5-10-22-16-17-8-9-20(25-17)18-6-3-4-7-19(18)21/h3-4,6-9,22H,2,5,10-16H2,1H3. The van der Waals surface area contributed by atoms with Gasteiger partial charge in [0, 0.05) is 31.7 Å². The van der Waals surface area contributed by atoms with E-state index in [-0.39, 0.29) is 0 Å². The van der Waals surface area contributed by atoms with Crippen LogP contribution in [0.4, 0.5) is 0 Å². The Hall–Kier alpha value is -1.33. The van der Waals surface area contributed by atoms with Gasteiger partial charge in [0.05, 0.1) is 11.6 Å². The predicted octanol–water partition coefficient (Wildman–Crippen LogP) is 3.72. The topological polar surface area (TPSA) is 31.6 Å². The average Bonchev–Trinajstić information content (AvgIpc) is 3.11. The van der Waals surface area contributed by atoms with Crippen molar-refractivity contribution in [2.24, 2.45) is 0 Å². The molecular weight excluding hydrogens is 334 g/mol. The van der Waals surface area contributed by atoms with Gasteiger partial charge in [-0.05, 0) is 50.3 Å². The lowest BCUT2D eigenvalue weighted by atomic mass is 10.2. The Morgan fingerprint density at radius 2 is 1.80 bits per heavy atom. The number of hydrogen-bond donors (Lipinski definition) is 1. The highest BCUT2D eigenvalue weighted by atomic mass is 35.5. The molecular formula is C20H28ClN3O. The molecule has 4 nitrogen and oxygen atoms in total. The first-order valence-corrected chi connectivity index (χ1v) is 9.63. The van der Waals surface area contributed by atoms with Gasteiger partial charge in [0.15, 0.2) is 0 Å². The molecule has 0 radical (unpaired) electrons. The highest BCUT2D eigenvalue weighted by Gasteiger charge is 2.14. The second-order valence-corrected chi connectivity index (χ2v) is 6.96. The van der Waals surface area contributed by atoms with Gasteiger partial charge < -0.3 is 19.5 Å². The second kappa shape index (κ2) is 9.39. The van der Waals surface area contributed by atoms with Gasteiger partial charge >= 0.3 is 0 Å². The Balaban J connectivity index is 1.35. The first kappa shape index (κ1) is 18.5. The van der Waals surface area contributed by atoms with Crippen LogP contribution < -0.4 is 5.32 Å². The van der Waals surface area contributed by atoms with Gasteiger partial charge in [-0.15, -0.1) is 0 Å². The van der Waals surface area contributed by atoms with Gasteiger partial charge in [0.25, 0.3) is 0 Å². The number of nitrogens with one attached hydrogen (secondary N) is 1. The molecule has 0 saturated carbocycles. The molecule has 2 aromatic rings. The van der Waals surface area contributed by atoms with Crippen molar-refractivity contribution in [1.29, 1.82) is 0 Å². The second-order valence-electron chi connectivity index (χ2n) is 6.55. The normalized spacial score (nSPS) is 16.4. The molecule has 5 heteroatoms. The molecule has 0 amide bonds. The zero-order chi connectivity index (χ0) is 17.5. The third-order valence-electron chi connectivity index (χ3n) is 4.84. The lowest BCUT2D eigenvalue weighted by molar-refractivity contribution is 0.136. The summed E-state index contributed by atoms with van der Waals surface area (Å²) in [7, 11) is 0. The number of rotatable bonds is 8. The fourth-order valence-electron chi connectivity index (χ4n) is 3.25. The van der Waals surface area contributed by atoms with Crippen molar-refractivity contribution in [3.05, 3.63) is 47.2 Å². The molecule has 1 fully saturated rings. The van der Waals surface area contributed by atoms with Crippen LogP contribution in [0, 0.1) is 0 Å². The zero-order valence-corrected chi connectivity index (χ0v) is 15.8. The van der Waals surface area contributed by atoms with Crippen LogP contribution >= 0.6 is 11.6 Å². The molecule has 1 aliphatic rings. The summed E-state index contributed by atoms with van der Waals surface area (Å²) < 4.78 is 5.91. The first-order chi connectivity index (χ1) is 12.3. The SMILES string of the molecule is CCN1CCN(CCCNCc2ccc(-c3ccccc3Cl)o2)CC1. The largest absolute Gasteiger partial charge is 0.460 e. The summed E-state index contributed by atoms with van der Waals surface area (Å²) in [5.74, 6) is 1.78. The van der Waals surface area contributed by atoms with E-state index in [1.807, 2.05) is 36.4 Å². The Bertz CT molecular complexity index is 650. The maximum absolute atomic E-state index is 6.22. The minimum Gasteiger partial charge on any atom is -0.460 e. The quantitative estimate of drug-likeness (QED) is 0.726. The summed E-state index contributed by atoms with van der Waals surface area (Å²) in [5, 5.41) is 4.20. The summed E-state index contributed by atoms with van der Waals surface area (Å²) in [4.78, 5) is 5.08. The van der Waals surface area contributed by atoms with Gasteiger partial charge in [-0.2, -0.15) is 0 Å². The maximum atomic E-state index is 6.22. The fourth-order valence-corrected chi connectivity index (χ4v) is 3.48. The molecule has 1 aromatic carbocycles. The Kier molecular flexibility index (Phi) is 6.93. The van der Waals surface area contributed by atoms with E-state index in [9.17, 15) is 0 Å². The number of hydrogen-bond acceptors (Lipinski definition) is 4. The summed E-state index contributed by atoms with van der Waals surface area (Å²) in [6.45, 7) is 11.2.